The van der Waals surface area contributed by atoms with Gasteiger partial charge >= 0.3 is 0 Å². The Morgan fingerprint density at radius 3 is 2.86 bits per heavy atom. The van der Waals surface area contributed by atoms with Crippen molar-refractivity contribution in [3.8, 4) is 0 Å². The van der Waals surface area contributed by atoms with Gasteiger partial charge in [-0.1, -0.05) is 0 Å². The summed E-state index contributed by atoms with van der Waals surface area (Å²) in [6, 6.07) is 3.18. The zero-order chi connectivity index (χ0) is 15.9. The first-order chi connectivity index (χ1) is 10.6. The van der Waals surface area contributed by atoms with Crippen molar-refractivity contribution in [3.05, 3.63) is 42.1 Å². The third-order valence-corrected chi connectivity index (χ3v) is 2.89. The zero-order valence-electron chi connectivity index (χ0n) is 12.4. The van der Waals surface area contributed by atoms with Crippen LogP contribution in [0.3, 0.4) is 0 Å². The highest BCUT2D eigenvalue weighted by molar-refractivity contribution is 5.94. The molecule has 0 atom stereocenters. The van der Waals surface area contributed by atoms with Crippen LogP contribution in [0.1, 0.15) is 10.4 Å². The highest BCUT2D eigenvalue weighted by Crippen LogP contribution is 2.12. The van der Waals surface area contributed by atoms with E-state index in [2.05, 4.69) is 25.8 Å². The Morgan fingerprint density at radius 2 is 2.14 bits per heavy atom. The van der Waals surface area contributed by atoms with E-state index in [1.54, 1.807) is 6.20 Å². The van der Waals surface area contributed by atoms with E-state index < -0.39 is 11.7 Å². The molecule has 1 amide bonds. The molecular weight excluding hydrogens is 287 g/mol. The Morgan fingerprint density at radius 1 is 1.32 bits per heavy atom. The maximum atomic E-state index is 13.4. The second-order valence-corrected chi connectivity index (χ2v) is 4.73. The predicted octanol–water partition coefficient (Wildman–Crippen LogP) is 0.919. The fourth-order valence-electron chi connectivity index (χ4n) is 1.71. The van der Waals surface area contributed by atoms with Crippen molar-refractivity contribution in [1.82, 2.24) is 20.5 Å². The molecule has 0 fully saturated rings. The van der Waals surface area contributed by atoms with Gasteiger partial charge in [0.05, 0.1) is 23.6 Å². The van der Waals surface area contributed by atoms with E-state index in [1.807, 2.05) is 25.1 Å². The van der Waals surface area contributed by atoms with Crippen LogP contribution in [0, 0.1) is 5.82 Å². The Kier molecular flexibility index (Phi) is 5.18. The molecule has 8 heteroatoms. The van der Waals surface area contributed by atoms with Crippen LogP contribution in [-0.4, -0.2) is 48.3 Å². The number of hydrogen-bond donors (Lipinski definition) is 2. The number of aromatic nitrogens is 3. The average molecular weight is 304 g/mol. The minimum Gasteiger partial charge on any atom is -0.376 e. The Balaban J connectivity index is 1.81. The quantitative estimate of drug-likeness (QED) is 0.772. The van der Waals surface area contributed by atoms with Gasteiger partial charge in [0.15, 0.2) is 11.6 Å². The van der Waals surface area contributed by atoms with Crippen molar-refractivity contribution >= 4 is 17.4 Å². The lowest BCUT2D eigenvalue weighted by molar-refractivity contribution is 0.0951. The molecule has 0 aliphatic heterocycles. The summed E-state index contributed by atoms with van der Waals surface area (Å²) >= 11 is 0. The van der Waals surface area contributed by atoms with Gasteiger partial charge in [0.1, 0.15) is 0 Å². The fourth-order valence-corrected chi connectivity index (χ4v) is 1.71. The lowest BCUT2D eigenvalue weighted by Gasteiger charge is -2.13. The van der Waals surface area contributed by atoms with Gasteiger partial charge in [-0.25, -0.2) is 4.39 Å². The molecule has 2 rings (SSSR count). The largest absolute Gasteiger partial charge is 0.376 e. The van der Waals surface area contributed by atoms with Crippen LogP contribution in [0.15, 0.2) is 30.7 Å². The molecular formula is C14H17FN6O. The molecule has 0 bridgehead atoms. The van der Waals surface area contributed by atoms with Crippen molar-refractivity contribution in [3.63, 3.8) is 0 Å². The molecule has 2 heterocycles. The minimum absolute atomic E-state index is 0.0237. The van der Waals surface area contributed by atoms with Gasteiger partial charge in [-0.05, 0) is 6.07 Å². The SMILES string of the molecule is CN(C)c1cnnc(NCCNC(=O)c2ccncc2F)c1. The number of carbonyl (C=O) groups excluding carboxylic acids is 1. The summed E-state index contributed by atoms with van der Waals surface area (Å²) in [6.07, 6.45) is 4.03. The van der Waals surface area contributed by atoms with Gasteiger partial charge in [0, 0.05) is 39.4 Å². The normalized spacial score (nSPS) is 10.1. The van der Waals surface area contributed by atoms with Gasteiger partial charge in [-0.15, -0.1) is 5.10 Å². The molecule has 0 spiro atoms. The topological polar surface area (TPSA) is 83.0 Å². The molecule has 0 aliphatic rings. The maximum absolute atomic E-state index is 13.4. The van der Waals surface area contributed by atoms with Crippen LogP contribution < -0.4 is 15.5 Å². The number of hydrogen-bond acceptors (Lipinski definition) is 6. The van der Waals surface area contributed by atoms with Crippen LogP contribution in [-0.2, 0) is 0 Å². The lowest BCUT2D eigenvalue weighted by atomic mass is 10.2. The van der Waals surface area contributed by atoms with Gasteiger partial charge in [-0.2, -0.15) is 5.10 Å². The second kappa shape index (κ2) is 7.30. The van der Waals surface area contributed by atoms with E-state index >= 15 is 0 Å². The number of rotatable bonds is 6. The number of nitrogens with zero attached hydrogens (tertiary/aromatic N) is 4. The summed E-state index contributed by atoms with van der Waals surface area (Å²) in [7, 11) is 3.81. The first-order valence-electron chi connectivity index (χ1n) is 6.69. The lowest BCUT2D eigenvalue weighted by Crippen LogP contribution is -2.29. The third-order valence-electron chi connectivity index (χ3n) is 2.89. The first-order valence-corrected chi connectivity index (χ1v) is 6.69. The van der Waals surface area contributed by atoms with Crippen molar-refractivity contribution in [2.75, 3.05) is 37.4 Å². The van der Waals surface area contributed by atoms with E-state index in [1.165, 1.54) is 12.3 Å². The molecule has 2 aromatic heterocycles. The molecule has 0 saturated heterocycles. The average Bonchev–Trinajstić information content (AvgIpc) is 2.52. The van der Waals surface area contributed by atoms with Crippen LogP contribution in [0.25, 0.3) is 0 Å². The fraction of sp³-hybridized carbons (Fsp3) is 0.286. The summed E-state index contributed by atoms with van der Waals surface area (Å²) in [5.74, 6) is -0.511. The van der Waals surface area contributed by atoms with Gasteiger partial charge in [0.25, 0.3) is 5.91 Å². The van der Waals surface area contributed by atoms with Crippen molar-refractivity contribution in [2.24, 2.45) is 0 Å². The van der Waals surface area contributed by atoms with Crippen LogP contribution in [0.2, 0.25) is 0 Å². The van der Waals surface area contributed by atoms with Gasteiger partial charge in [-0.3, -0.25) is 9.78 Å². The summed E-state index contributed by atoms with van der Waals surface area (Å²) in [6.45, 7) is 0.776. The van der Waals surface area contributed by atoms with Crippen LogP contribution in [0.5, 0.6) is 0 Å². The number of pyridine rings is 1. The molecule has 7 nitrogen and oxygen atoms in total. The number of amides is 1. The molecule has 0 unspecified atom stereocenters. The minimum atomic E-state index is -0.641. The highest BCUT2D eigenvalue weighted by Gasteiger charge is 2.10. The van der Waals surface area contributed by atoms with Crippen molar-refractivity contribution < 1.29 is 9.18 Å². The van der Waals surface area contributed by atoms with Crippen LogP contribution >= 0.6 is 0 Å². The predicted molar refractivity (Wildman–Crippen MR) is 81.4 cm³/mol. The second-order valence-electron chi connectivity index (χ2n) is 4.73. The number of carbonyl (C=O) groups is 1. The Hall–Kier alpha value is -2.77. The molecule has 116 valence electrons. The van der Waals surface area contributed by atoms with E-state index in [4.69, 9.17) is 0 Å². The number of halogens is 1. The zero-order valence-corrected chi connectivity index (χ0v) is 12.4. The standard InChI is InChI=1S/C14H17FN6O/c1-21(2)10-7-13(20-19-8-10)17-5-6-18-14(22)11-3-4-16-9-12(11)15/h3-4,7-9H,5-6H2,1-2H3,(H,17,20)(H,18,22). The molecule has 0 aromatic carbocycles. The third kappa shape index (κ3) is 4.11. The smallest absolute Gasteiger partial charge is 0.254 e. The summed E-state index contributed by atoms with van der Waals surface area (Å²) in [5, 5.41) is 13.5. The molecule has 0 radical (unpaired) electrons. The van der Waals surface area contributed by atoms with E-state index in [-0.39, 0.29) is 5.56 Å². The van der Waals surface area contributed by atoms with Crippen molar-refractivity contribution in [2.45, 2.75) is 0 Å². The van der Waals surface area contributed by atoms with Gasteiger partial charge < -0.3 is 15.5 Å². The molecule has 2 aromatic rings. The summed E-state index contributed by atoms with van der Waals surface area (Å²) < 4.78 is 13.4. The molecule has 0 aliphatic carbocycles. The van der Waals surface area contributed by atoms with E-state index in [0.717, 1.165) is 11.9 Å². The van der Waals surface area contributed by atoms with E-state index in [0.29, 0.717) is 18.9 Å². The van der Waals surface area contributed by atoms with Crippen LogP contribution in [0.4, 0.5) is 15.9 Å². The van der Waals surface area contributed by atoms with Crippen molar-refractivity contribution in [1.29, 1.82) is 0 Å². The Labute approximate surface area is 127 Å². The maximum Gasteiger partial charge on any atom is 0.254 e. The highest BCUT2D eigenvalue weighted by atomic mass is 19.1. The molecule has 22 heavy (non-hydrogen) atoms. The van der Waals surface area contributed by atoms with Gasteiger partial charge in [0.2, 0.25) is 0 Å². The monoisotopic (exact) mass is 304 g/mol. The molecule has 2 N–H and O–H groups in total. The molecule has 0 saturated carbocycles. The summed E-state index contributed by atoms with van der Waals surface area (Å²) in [5.41, 5.74) is 0.893. The van der Waals surface area contributed by atoms with E-state index in [9.17, 15) is 9.18 Å². The number of nitrogens with one attached hydrogen (secondary N) is 2. The Bertz CT molecular complexity index is 649. The first kappa shape index (κ1) is 15.6. The summed E-state index contributed by atoms with van der Waals surface area (Å²) in [4.78, 5) is 17.3. The number of anilines is 2.